The van der Waals surface area contributed by atoms with Crippen LogP contribution in [0.15, 0.2) is 11.6 Å². The lowest BCUT2D eigenvalue weighted by Crippen LogP contribution is -2.49. The van der Waals surface area contributed by atoms with Gasteiger partial charge in [0.2, 0.25) is 0 Å². The molecule has 4 nitrogen and oxygen atoms in total. The van der Waals surface area contributed by atoms with E-state index in [9.17, 15) is 5.11 Å². The van der Waals surface area contributed by atoms with Gasteiger partial charge in [-0.05, 0) is 54.5 Å². The molecule has 3 atom stereocenters. The van der Waals surface area contributed by atoms with E-state index in [0.717, 1.165) is 44.6 Å². The molecule has 0 spiro atoms. The van der Waals surface area contributed by atoms with Crippen molar-refractivity contribution in [1.29, 1.82) is 0 Å². The summed E-state index contributed by atoms with van der Waals surface area (Å²) >= 11 is 0. The summed E-state index contributed by atoms with van der Waals surface area (Å²) in [6.07, 6.45) is 5.86. The Labute approximate surface area is 160 Å². The SMILES string of the molecule is CC(C)CCN1CCN(CC(O)COCC2=CCC3CC2C3(C)C)CC1. The van der Waals surface area contributed by atoms with Gasteiger partial charge in [-0.3, -0.25) is 4.90 Å². The van der Waals surface area contributed by atoms with E-state index in [1.165, 1.54) is 31.4 Å². The minimum absolute atomic E-state index is 0.372. The molecule has 150 valence electrons. The molecule has 2 fully saturated rings. The summed E-state index contributed by atoms with van der Waals surface area (Å²) in [4.78, 5) is 4.95. The van der Waals surface area contributed by atoms with E-state index in [1.807, 2.05) is 0 Å². The van der Waals surface area contributed by atoms with Gasteiger partial charge in [-0.15, -0.1) is 0 Å². The van der Waals surface area contributed by atoms with Crippen LogP contribution in [0, 0.1) is 23.2 Å². The Morgan fingerprint density at radius 2 is 1.88 bits per heavy atom. The van der Waals surface area contributed by atoms with Crippen molar-refractivity contribution in [3.8, 4) is 0 Å². The fourth-order valence-electron chi connectivity index (χ4n) is 4.94. The molecule has 26 heavy (non-hydrogen) atoms. The van der Waals surface area contributed by atoms with E-state index in [2.05, 4.69) is 43.6 Å². The van der Waals surface area contributed by atoms with Crippen LogP contribution in [0.25, 0.3) is 0 Å². The van der Waals surface area contributed by atoms with Crippen LogP contribution in [0.5, 0.6) is 0 Å². The van der Waals surface area contributed by atoms with Crippen molar-refractivity contribution >= 4 is 0 Å². The van der Waals surface area contributed by atoms with Crippen LogP contribution < -0.4 is 0 Å². The molecule has 3 aliphatic carbocycles. The Balaban J connectivity index is 1.29. The Morgan fingerprint density at radius 1 is 1.19 bits per heavy atom. The van der Waals surface area contributed by atoms with Crippen LogP contribution in [0.4, 0.5) is 0 Å². The monoisotopic (exact) mass is 364 g/mol. The fraction of sp³-hybridized carbons (Fsp3) is 0.909. The van der Waals surface area contributed by atoms with Crippen molar-refractivity contribution in [2.24, 2.45) is 23.2 Å². The Kier molecular flexibility index (Phi) is 6.82. The van der Waals surface area contributed by atoms with Crippen molar-refractivity contribution in [3.05, 3.63) is 11.6 Å². The van der Waals surface area contributed by atoms with Crippen molar-refractivity contribution in [2.45, 2.75) is 53.1 Å². The second-order valence-corrected chi connectivity index (χ2v) is 9.82. The average molecular weight is 365 g/mol. The van der Waals surface area contributed by atoms with Crippen molar-refractivity contribution in [2.75, 3.05) is 52.5 Å². The van der Waals surface area contributed by atoms with Crippen LogP contribution in [0.3, 0.4) is 0 Å². The molecule has 1 heterocycles. The standard InChI is InChI=1S/C22H40N2O2/c1-17(2)7-8-23-9-11-24(12-10-23)14-20(25)16-26-15-18-5-6-19-13-21(18)22(19,3)4/h5,17,19-21,25H,6-16H2,1-4H3. The van der Waals surface area contributed by atoms with E-state index in [0.29, 0.717) is 24.5 Å². The minimum atomic E-state index is -0.372. The number of nitrogens with zero attached hydrogens (tertiary/aromatic N) is 2. The van der Waals surface area contributed by atoms with E-state index in [4.69, 9.17) is 4.74 Å². The quantitative estimate of drug-likeness (QED) is 0.638. The van der Waals surface area contributed by atoms with Gasteiger partial charge in [-0.25, -0.2) is 0 Å². The van der Waals surface area contributed by atoms with Crippen LogP contribution >= 0.6 is 0 Å². The first-order valence-corrected chi connectivity index (χ1v) is 10.8. The molecule has 2 bridgehead atoms. The van der Waals surface area contributed by atoms with Crippen LogP contribution in [-0.4, -0.2) is 73.5 Å². The predicted molar refractivity (Wildman–Crippen MR) is 107 cm³/mol. The zero-order valence-electron chi connectivity index (χ0n) is 17.4. The van der Waals surface area contributed by atoms with Gasteiger partial charge in [0.15, 0.2) is 0 Å². The third-order valence-corrected chi connectivity index (χ3v) is 7.12. The highest BCUT2D eigenvalue weighted by atomic mass is 16.5. The summed E-state index contributed by atoms with van der Waals surface area (Å²) in [6, 6.07) is 0. The number of piperazine rings is 1. The van der Waals surface area contributed by atoms with Gasteiger partial charge in [0.1, 0.15) is 0 Å². The van der Waals surface area contributed by atoms with E-state index in [-0.39, 0.29) is 6.10 Å². The lowest BCUT2D eigenvalue weighted by molar-refractivity contribution is -0.0275. The summed E-state index contributed by atoms with van der Waals surface area (Å²) < 4.78 is 5.90. The third-order valence-electron chi connectivity index (χ3n) is 7.12. The third kappa shape index (κ3) is 4.89. The molecule has 0 aromatic heterocycles. The highest BCUT2D eigenvalue weighted by molar-refractivity contribution is 5.23. The summed E-state index contributed by atoms with van der Waals surface area (Å²) in [6.45, 7) is 16.9. The van der Waals surface area contributed by atoms with Crippen molar-refractivity contribution < 1.29 is 9.84 Å². The van der Waals surface area contributed by atoms with Gasteiger partial charge in [0.25, 0.3) is 0 Å². The van der Waals surface area contributed by atoms with Crippen molar-refractivity contribution in [1.82, 2.24) is 9.80 Å². The molecule has 4 heteroatoms. The summed E-state index contributed by atoms with van der Waals surface area (Å²) in [7, 11) is 0. The molecule has 3 unspecified atom stereocenters. The molecule has 4 aliphatic rings. The van der Waals surface area contributed by atoms with Crippen LogP contribution in [-0.2, 0) is 4.74 Å². The van der Waals surface area contributed by atoms with Gasteiger partial charge in [0, 0.05) is 32.7 Å². The normalized spacial score (nSPS) is 30.2. The number of fused-ring (bicyclic) bond motifs is 1. The van der Waals surface area contributed by atoms with E-state index >= 15 is 0 Å². The number of hydrogen-bond acceptors (Lipinski definition) is 4. The highest BCUT2D eigenvalue weighted by Gasteiger charge is 2.50. The molecular formula is C22H40N2O2. The second kappa shape index (κ2) is 8.72. The first-order chi connectivity index (χ1) is 12.4. The summed E-state index contributed by atoms with van der Waals surface area (Å²) in [5, 5.41) is 10.4. The van der Waals surface area contributed by atoms with E-state index < -0.39 is 0 Å². The predicted octanol–water partition coefficient (Wildman–Crippen LogP) is 3.02. The maximum absolute atomic E-state index is 10.4. The number of aliphatic hydroxyl groups is 1. The molecule has 1 N–H and O–H groups in total. The highest BCUT2D eigenvalue weighted by Crippen LogP contribution is 2.59. The number of hydrogen-bond donors (Lipinski definition) is 1. The first kappa shape index (κ1) is 20.3. The maximum atomic E-state index is 10.4. The molecule has 1 aliphatic heterocycles. The lowest BCUT2D eigenvalue weighted by atomic mass is 9.49. The number of allylic oxidation sites excluding steroid dienone is 1. The van der Waals surface area contributed by atoms with Gasteiger partial charge < -0.3 is 14.7 Å². The van der Waals surface area contributed by atoms with Crippen molar-refractivity contribution in [3.63, 3.8) is 0 Å². The zero-order valence-corrected chi connectivity index (χ0v) is 17.4. The topological polar surface area (TPSA) is 35.9 Å². The lowest BCUT2D eigenvalue weighted by Gasteiger charge is -2.56. The number of rotatable bonds is 9. The number of β-amino-alcohol motifs (C(OH)–C–C–N with tert-alkyl or cyclic N) is 1. The Bertz CT molecular complexity index is 481. The first-order valence-electron chi connectivity index (χ1n) is 10.8. The summed E-state index contributed by atoms with van der Waals surface area (Å²) in [5.41, 5.74) is 1.94. The Morgan fingerprint density at radius 3 is 2.50 bits per heavy atom. The largest absolute Gasteiger partial charge is 0.389 e. The molecule has 0 amide bonds. The van der Waals surface area contributed by atoms with E-state index in [1.54, 1.807) is 0 Å². The minimum Gasteiger partial charge on any atom is -0.389 e. The molecule has 0 aromatic carbocycles. The van der Waals surface area contributed by atoms with Gasteiger partial charge in [-0.1, -0.05) is 33.8 Å². The Hall–Kier alpha value is -0.420. The molecule has 1 saturated heterocycles. The number of aliphatic hydroxyl groups excluding tert-OH is 1. The van der Waals surface area contributed by atoms with Crippen LogP contribution in [0.1, 0.15) is 47.0 Å². The van der Waals surface area contributed by atoms with Crippen LogP contribution in [0.2, 0.25) is 0 Å². The molecular weight excluding hydrogens is 324 g/mol. The maximum Gasteiger partial charge on any atom is 0.0900 e. The summed E-state index contributed by atoms with van der Waals surface area (Å²) in [5.74, 6) is 2.36. The molecule has 0 aromatic rings. The molecule has 0 radical (unpaired) electrons. The van der Waals surface area contributed by atoms with Gasteiger partial charge >= 0.3 is 0 Å². The smallest absolute Gasteiger partial charge is 0.0900 e. The fourth-order valence-corrected chi connectivity index (χ4v) is 4.94. The van der Waals surface area contributed by atoms with Gasteiger partial charge in [-0.2, -0.15) is 0 Å². The molecule has 1 saturated carbocycles. The second-order valence-electron chi connectivity index (χ2n) is 9.82. The molecule has 4 rings (SSSR count). The number of ether oxygens (including phenoxy) is 1. The average Bonchev–Trinajstić information content (AvgIpc) is 2.61. The zero-order chi connectivity index (χ0) is 18.7. The van der Waals surface area contributed by atoms with Gasteiger partial charge in [0.05, 0.1) is 19.3 Å².